The van der Waals surface area contributed by atoms with Gasteiger partial charge in [-0.1, -0.05) is 35.4 Å². The molecule has 3 aromatic rings. The van der Waals surface area contributed by atoms with E-state index in [9.17, 15) is 13.2 Å². The predicted molar refractivity (Wildman–Crippen MR) is 101 cm³/mol. The summed E-state index contributed by atoms with van der Waals surface area (Å²) in [5, 5.41) is 4.97. The molecule has 0 aliphatic carbocycles. The molecule has 3 rings (SSSR count). The molecule has 1 heterocycles. The average molecular weight is 387 g/mol. The third-order valence-electron chi connectivity index (χ3n) is 3.65. The summed E-state index contributed by atoms with van der Waals surface area (Å²) in [5.41, 5.74) is 2.19. The second kappa shape index (κ2) is 7.50. The van der Waals surface area contributed by atoms with Crippen molar-refractivity contribution in [3.63, 3.8) is 0 Å². The molecule has 8 nitrogen and oxygen atoms in total. The molecule has 1 aromatic heterocycles. The Morgan fingerprint density at radius 2 is 1.93 bits per heavy atom. The molecular weight excluding hydrogens is 370 g/mol. The van der Waals surface area contributed by atoms with Crippen LogP contribution >= 0.6 is 0 Å². The molecule has 2 aromatic carbocycles. The number of hydrogen-bond donors (Lipinski definition) is 1. The molecule has 0 atom stereocenters. The summed E-state index contributed by atoms with van der Waals surface area (Å²) in [5.74, 6) is -0.703. The Balaban J connectivity index is 1.82. The summed E-state index contributed by atoms with van der Waals surface area (Å²) in [6.07, 6.45) is 1.35. The van der Waals surface area contributed by atoms with E-state index in [2.05, 4.69) is 9.82 Å². The van der Waals surface area contributed by atoms with Gasteiger partial charge in [0.1, 0.15) is 0 Å². The first kappa shape index (κ1) is 18.5. The number of benzene rings is 2. The molecule has 9 heteroatoms. The highest BCUT2D eigenvalue weighted by Crippen LogP contribution is 2.20. The second-order valence-electron chi connectivity index (χ2n) is 5.61. The van der Waals surface area contributed by atoms with Crippen LogP contribution in [-0.4, -0.2) is 25.3 Å². The molecule has 0 fully saturated rings. The number of methoxy groups -OCH3 is 1. The van der Waals surface area contributed by atoms with Crippen molar-refractivity contribution in [3.8, 4) is 11.8 Å². The first-order chi connectivity index (χ1) is 12.9. The van der Waals surface area contributed by atoms with Crippen molar-refractivity contribution < 1.29 is 17.6 Å². The van der Waals surface area contributed by atoms with Crippen LogP contribution in [-0.2, 0) is 10.0 Å². The molecule has 0 saturated heterocycles. The van der Waals surface area contributed by atoms with E-state index in [4.69, 9.17) is 9.15 Å². The van der Waals surface area contributed by atoms with E-state index in [1.54, 1.807) is 37.3 Å². The fourth-order valence-electron chi connectivity index (χ4n) is 2.32. The van der Waals surface area contributed by atoms with Crippen LogP contribution in [0.15, 0.2) is 63.2 Å². The fraction of sp³-hybridized carbons (Fsp3) is 0.111. The summed E-state index contributed by atoms with van der Waals surface area (Å²) >= 11 is 0. The van der Waals surface area contributed by atoms with Gasteiger partial charge in [0.2, 0.25) is 0 Å². The van der Waals surface area contributed by atoms with Crippen molar-refractivity contribution >= 4 is 21.8 Å². The minimum atomic E-state index is -3.69. The SMILES string of the molecule is COc1nn(-c2ccc(NS(=O)(=O)/C=C/c3ccccc3)c(C)c2)c(=O)o1. The van der Waals surface area contributed by atoms with Gasteiger partial charge in [-0.2, -0.15) is 4.68 Å². The fourth-order valence-corrected chi connectivity index (χ4v) is 3.26. The third-order valence-corrected chi connectivity index (χ3v) is 4.65. The lowest BCUT2D eigenvalue weighted by Crippen LogP contribution is -2.14. The van der Waals surface area contributed by atoms with Crippen molar-refractivity contribution in [2.24, 2.45) is 0 Å². The highest BCUT2D eigenvalue weighted by atomic mass is 32.2. The van der Waals surface area contributed by atoms with Gasteiger partial charge in [-0.3, -0.25) is 4.72 Å². The van der Waals surface area contributed by atoms with Gasteiger partial charge < -0.3 is 9.15 Å². The summed E-state index contributed by atoms with van der Waals surface area (Å²) in [6.45, 7) is 1.71. The van der Waals surface area contributed by atoms with E-state index in [0.29, 0.717) is 16.9 Å². The Morgan fingerprint density at radius 1 is 1.19 bits per heavy atom. The molecule has 0 unspecified atom stereocenters. The second-order valence-corrected chi connectivity index (χ2v) is 7.18. The van der Waals surface area contributed by atoms with Crippen LogP contribution in [0.25, 0.3) is 11.8 Å². The smallest absolute Gasteiger partial charge is 0.444 e. The van der Waals surface area contributed by atoms with Crippen LogP contribution in [0.5, 0.6) is 6.08 Å². The molecule has 0 aliphatic heterocycles. The van der Waals surface area contributed by atoms with E-state index < -0.39 is 15.8 Å². The lowest BCUT2D eigenvalue weighted by molar-refractivity contribution is 0.282. The molecule has 140 valence electrons. The van der Waals surface area contributed by atoms with Crippen LogP contribution in [0, 0.1) is 6.92 Å². The number of aromatic nitrogens is 2. The quantitative estimate of drug-likeness (QED) is 0.697. The van der Waals surface area contributed by atoms with E-state index in [1.165, 1.54) is 13.2 Å². The minimum Gasteiger partial charge on any atom is -0.452 e. The van der Waals surface area contributed by atoms with E-state index >= 15 is 0 Å². The summed E-state index contributed by atoms with van der Waals surface area (Å²) in [7, 11) is -2.36. The zero-order valence-electron chi connectivity index (χ0n) is 14.6. The van der Waals surface area contributed by atoms with Crippen molar-refractivity contribution in [2.75, 3.05) is 11.8 Å². The van der Waals surface area contributed by atoms with E-state index in [-0.39, 0.29) is 6.08 Å². The molecule has 0 amide bonds. The van der Waals surface area contributed by atoms with Gasteiger partial charge in [-0.15, -0.1) is 0 Å². The molecule has 1 N–H and O–H groups in total. The van der Waals surface area contributed by atoms with Gasteiger partial charge in [0.15, 0.2) is 0 Å². The van der Waals surface area contributed by atoms with Crippen molar-refractivity contribution in [2.45, 2.75) is 6.92 Å². The molecule has 0 spiro atoms. The minimum absolute atomic E-state index is 0.159. The van der Waals surface area contributed by atoms with Gasteiger partial charge in [0.05, 0.1) is 23.9 Å². The molecule has 0 saturated carbocycles. The average Bonchev–Trinajstić information content (AvgIpc) is 3.03. The van der Waals surface area contributed by atoms with Crippen molar-refractivity contribution in [1.82, 2.24) is 9.78 Å². The molecule has 0 aliphatic rings. The Kier molecular flexibility index (Phi) is 5.13. The van der Waals surface area contributed by atoms with Gasteiger partial charge in [-0.05, 0) is 42.3 Å². The Morgan fingerprint density at radius 3 is 2.56 bits per heavy atom. The first-order valence-electron chi connectivity index (χ1n) is 7.89. The Hall–Kier alpha value is -3.33. The maximum absolute atomic E-state index is 12.3. The normalized spacial score (nSPS) is 11.6. The Labute approximate surface area is 155 Å². The molecule has 0 radical (unpaired) electrons. The monoisotopic (exact) mass is 387 g/mol. The summed E-state index contributed by atoms with van der Waals surface area (Å²) in [4.78, 5) is 11.8. The summed E-state index contributed by atoms with van der Waals surface area (Å²) < 4.78 is 37.7. The predicted octanol–water partition coefficient (Wildman–Crippen LogP) is 2.56. The van der Waals surface area contributed by atoms with Gasteiger partial charge in [0.25, 0.3) is 10.0 Å². The van der Waals surface area contributed by atoms with Crippen LogP contribution in [0.1, 0.15) is 11.1 Å². The Bertz CT molecular complexity index is 1130. The number of nitrogens with zero attached hydrogens (tertiary/aromatic N) is 2. The van der Waals surface area contributed by atoms with Crippen LogP contribution in [0.3, 0.4) is 0 Å². The molecule has 0 bridgehead atoms. The molecule has 27 heavy (non-hydrogen) atoms. The highest BCUT2D eigenvalue weighted by molar-refractivity contribution is 7.95. The lowest BCUT2D eigenvalue weighted by Gasteiger charge is -2.09. The number of aryl methyl sites for hydroxylation is 1. The van der Waals surface area contributed by atoms with Gasteiger partial charge in [0, 0.05) is 0 Å². The molecular formula is C18H17N3O5S. The first-order valence-corrected chi connectivity index (χ1v) is 9.44. The third kappa shape index (κ3) is 4.45. The lowest BCUT2D eigenvalue weighted by atomic mass is 10.2. The van der Waals surface area contributed by atoms with E-state index in [1.807, 2.05) is 18.2 Å². The maximum Gasteiger partial charge on any atom is 0.444 e. The van der Waals surface area contributed by atoms with Gasteiger partial charge in [-0.25, -0.2) is 13.2 Å². The standard InChI is InChI=1S/C18H17N3O5S/c1-13-12-15(21-18(22)26-17(19-21)25-2)8-9-16(13)20-27(23,24)11-10-14-6-4-3-5-7-14/h3-12,20H,1-2H3/b11-10+. The van der Waals surface area contributed by atoms with Gasteiger partial charge >= 0.3 is 11.8 Å². The zero-order chi connectivity index (χ0) is 19.4. The summed E-state index contributed by atoms with van der Waals surface area (Å²) in [6, 6.07) is 13.8. The largest absolute Gasteiger partial charge is 0.452 e. The topological polar surface area (TPSA) is 103 Å². The van der Waals surface area contributed by atoms with Crippen molar-refractivity contribution in [3.05, 3.63) is 75.6 Å². The van der Waals surface area contributed by atoms with E-state index in [0.717, 1.165) is 15.7 Å². The highest BCUT2D eigenvalue weighted by Gasteiger charge is 2.13. The van der Waals surface area contributed by atoms with Crippen LogP contribution in [0.2, 0.25) is 0 Å². The number of rotatable bonds is 6. The zero-order valence-corrected chi connectivity index (χ0v) is 15.4. The van der Waals surface area contributed by atoms with Crippen LogP contribution < -0.4 is 15.2 Å². The number of ether oxygens (including phenoxy) is 1. The maximum atomic E-state index is 12.3. The number of nitrogens with one attached hydrogen (secondary N) is 1. The number of sulfonamides is 1. The van der Waals surface area contributed by atoms with Crippen LogP contribution in [0.4, 0.5) is 5.69 Å². The number of hydrogen-bond acceptors (Lipinski definition) is 6. The van der Waals surface area contributed by atoms with Crippen molar-refractivity contribution in [1.29, 1.82) is 0 Å². The number of anilines is 1.